The zero-order valence-electron chi connectivity index (χ0n) is 20.6. The second-order valence-electron chi connectivity index (χ2n) is 10.1. The first-order valence-electron chi connectivity index (χ1n) is 12.0. The van der Waals surface area contributed by atoms with Crippen molar-refractivity contribution in [1.82, 2.24) is 4.90 Å². The molecule has 0 amide bonds. The summed E-state index contributed by atoms with van der Waals surface area (Å²) in [4.78, 5) is 15.0. The van der Waals surface area contributed by atoms with Crippen molar-refractivity contribution in [1.29, 1.82) is 0 Å². The number of benzene rings is 3. The maximum absolute atomic E-state index is 12.8. The third kappa shape index (κ3) is 4.87. The number of carbonyl (C=O) groups is 1. The minimum absolute atomic E-state index is 0.0703. The SMILES string of the molecule is COC(=O)C1CC(O[Si](c2ccccc2)(c2ccccc2)C(C)(C)C)CN1Cc1ccccc1. The van der Waals surface area contributed by atoms with Crippen LogP contribution in [0.1, 0.15) is 32.8 Å². The minimum atomic E-state index is -2.69. The summed E-state index contributed by atoms with van der Waals surface area (Å²) in [6.45, 7) is 8.25. The zero-order valence-corrected chi connectivity index (χ0v) is 21.6. The number of hydrogen-bond donors (Lipinski definition) is 0. The van der Waals surface area contributed by atoms with Crippen LogP contribution < -0.4 is 10.4 Å². The average molecular weight is 474 g/mol. The van der Waals surface area contributed by atoms with E-state index in [2.05, 4.69) is 98.5 Å². The molecule has 1 fully saturated rings. The van der Waals surface area contributed by atoms with E-state index in [1.165, 1.54) is 23.0 Å². The van der Waals surface area contributed by atoms with Crippen LogP contribution in [0.5, 0.6) is 0 Å². The summed E-state index contributed by atoms with van der Waals surface area (Å²) in [5.74, 6) is -0.190. The van der Waals surface area contributed by atoms with Gasteiger partial charge in [-0.1, -0.05) is 112 Å². The number of ether oxygens (including phenoxy) is 1. The Morgan fingerprint density at radius 2 is 1.38 bits per heavy atom. The lowest BCUT2D eigenvalue weighted by Crippen LogP contribution is -2.67. The Morgan fingerprint density at radius 3 is 1.85 bits per heavy atom. The Balaban J connectivity index is 1.72. The van der Waals surface area contributed by atoms with E-state index in [1.807, 2.05) is 18.2 Å². The van der Waals surface area contributed by atoms with Gasteiger partial charge in [-0.3, -0.25) is 9.69 Å². The summed E-state index contributed by atoms with van der Waals surface area (Å²) in [7, 11) is -1.22. The van der Waals surface area contributed by atoms with Gasteiger partial charge in [-0.2, -0.15) is 0 Å². The molecule has 1 aliphatic rings. The molecule has 1 heterocycles. The number of esters is 1. The third-order valence-corrected chi connectivity index (χ3v) is 11.9. The fraction of sp³-hybridized carbons (Fsp3) is 0.345. The number of hydrogen-bond acceptors (Lipinski definition) is 4. The second-order valence-corrected chi connectivity index (χ2v) is 14.3. The molecular weight excluding hydrogens is 438 g/mol. The average Bonchev–Trinajstić information content (AvgIpc) is 3.25. The van der Waals surface area contributed by atoms with E-state index in [0.717, 1.165) is 0 Å². The van der Waals surface area contributed by atoms with Gasteiger partial charge in [0.15, 0.2) is 0 Å². The summed E-state index contributed by atoms with van der Waals surface area (Å²) >= 11 is 0. The predicted octanol–water partition coefficient (Wildman–Crippen LogP) is 4.38. The van der Waals surface area contributed by atoms with Gasteiger partial charge in [-0.25, -0.2) is 0 Å². The highest BCUT2D eigenvalue weighted by atomic mass is 28.4. The largest absolute Gasteiger partial charge is 0.468 e. The first-order valence-corrected chi connectivity index (χ1v) is 13.9. The standard InChI is InChI=1S/C29H35NO3Si/c1-29(2,3)34(25-16-10-6-11-17-25,26-18-12-7-13-19-26)33-24-20-27(28(31)32-4)30(22-24)21-23-14-8-5-9-15-23/h5-19,24,27H,20-22H2,1-4H3. The van der Waals surface area contributed by atoms with Crippen LogP contribution in [0.3, 0.4) is 0 Å². The molecule has 0 saturated carbocycles. The van der Waals surface area contributed by atoms with Crippen molar-refractivity contribution >= 4 is 24.7 Å². The molecule has 1 aliphatic heterocycles. The van der Waals surface area contributed by atoms with Crippen molar-refractivity contribution in [2.45, 2.75) is 50.9 Å². The van der Waals surface area contributed by atoms with Crippen LogP contribution in [0.4, 0.5) is 0 Å². The number of methoxy groups -OCH3 is 1. The van der Waals surface area contributed by atoms with E-state index in [1.54, 1.807) is 0 Å². The van der Waals surface area contributed by atoms with Crippen molar-refractivity contribution < 1.29 is 14.0 Å². The predicted molar refractivity (Wildman–Crippen MR) is 140 cm³/mol. The molecule has 2 atom stereocenters. The van der Waals surface area contributed by atoms with Crippen molar-refractivity contribution in [2.24, 2.45) is 0 Å². The minimum Gasteiger partial charge on any atom is -0.468 e. The lowest BCUT2D eigenvalue weighted by atomic mass is 10.2. The van der Waals surface area contributed by atoms with E-state index in [9.17, 15) is 4.79 Å². The van der Waals surface area contributed by atoms with Gasteiger partial charge in [0.2, 0.25) is 0 Å². The Morgan fingerprint density at radius 1 is 0.882 bits per heavy atom. The zero-order chi connectivity index (χ0) is 24.2. The van der Waals surface area contributed by atoms with Crippen molar-refractivity contribution in [3.05, 3.63) is 96.6 Å². The molecule has 0 N–H and O–H groups in total. The van der Waals surface area contributed by atoms with Crippen LogP contribution in [-0.4, -0.2) is 45.0 Å². The molecule has 3 aromatic rings. The Kier molecular flexibility index (Phi) is 7.36. The molecule has 4 nitrogen and oxygen atoms in total. The summed E-state index contributed by atoms with van der Waals surface area (Å²) in [5.41, 5.74) is 1.18. The lowest BCUT2D eigenvalue weighted by Gasteiger charge is -2.44. The second kappa shape index (κ2) is 10.3. The highest BCUT2D eigenvalue weighted by Gasteiger charge is 2.53. The van der Waals surface area contributed by atoms with Crippen molar-refractivity contribution in [2.75, 3.05) is 13.7 Å². The van der Waals surface area contributed by atoms with Crippen LogP contribution in [0.15, 0.2) is 91.0 Å². The summed E-state index contributed by atoms with van der Waals surface area (Å²) < 4.78 is 12.5. The fourth-order valence-electron chi connectivity index (χ4n) is 5.26. The van der Waals surface area contributed by atoms with E-state index >= 15 is 0 Å². The summed E-state index contributed by atoms with van der Waals surface area (Å²) in [6.07, 6.45) is 0.559. The van der Waals surface area contributed by atoms with Crippen LogP contribution in [0, 0.1) is 0 Å². The quantitative estimate of drug-likeness (QED) is 0.377. The molecule has 178 valence electrons. The van der Waals surface area contributed by atoms with Crippen molar-refractivity contribution in [3.8, 4) is 0 Å². The number of rotatable bonds is 7. The van der Waals surface area contributed by atoms with Crippen LogP contribution in [0.25, 0.3) is 0 Å². The molecular formula is C29H35NO3Si. The van der Waals surface area contributed by atoms with E-state index in [4.69, 9.17) is 9.16 Å². The molecule has 0 bridgehead atoms. The molecule has 1 saturated heterocycles. The third-order valence-electron chi connectivity index (χ3n) is 6.83. The first kappa shape index (κ1) is 24.4. The van der Waals surface area contributed by atoms with Gasteiger partial charge in [-0.05, 0) is 27.4 Å². The Hall–Kier alpha value is -2.73. The van der Waals surface area contributed by atoms with Gasteiger partial charge in [0, 0.05) is 13.1 Å². The normalized spacial score (nSPS) is 19.2. The van der Waals surface area contributed by atoms with Gasteiger partial charge in [0.1, 0.15) is 6.04 Å². The molecule has 4 rings (SSSR count). The van der Waals surface area contributed by atoms with Gasteiger partial charge < -0.3 is 9.16 Å². The lowest BCUT2D eigenvalue weighted by molar-refractivity contribution is -0.146. The highest BCUT2D eigenvalue weighted by Crippen LogP contribution is 2.39. The highest BCUT2D eigenvalue weighted by molar-refractivity contribution is 6.99. The van der Waals surface area contributed by atoms with Gasteiger partial charge in [0.25, 0.3) is 8.32 Å². The summed E-state index contributed by atoms with van der Waals surface area (Å²) in [5, 5.41) is 2.40. The monoisotopic (exact) mass is 473 g/mol. The maximum atomic E-state index is 12.8. The Bertz CT molecular complexity index is 1030. The van der Waals surface area contributed by atoms with Gasteiger partial charge in [0.05, 0.1) is 13.2 Å². The smallest absolute Gasteiger partial charge is 0.323 e. The van der Waals surface area contributed by atoms with Crippen LogP contribution in [-0.2, 0) is 20.5 Å². The summed E-state index contributed by atoms with van der Waals surface area (Å²) in [6, 6.07) is 31.3. The van der Waals surface area contributed by atoms with Gasteiger partial charge >= 0.3 is 5.97 Å². The van der Waals surface area contributed by atoms with E-state index in [0.29, 0.717) is 19.5 Å². The van der Waals surface area contributed by atoms with Crippen molar-refractivity contribution in [3.63, 3.8) is 0 Å². The molecule has 2 unspecified atom stereocenters. The number of likely N-dealkylation sites (tertiary alicyclic amines) is 1. The number of carbonyl (C=O) groups excluding carboxylic acids is 1. The molecule has 34 heavy (non-hydrogen) atoms. The topological polar surface area (TPSA) is 38.8 Å². The maximum Gasteiger partial charge on any atom is 0.323 e. The Labute approximate surface area is 204 Å². The van der Waals surface area contributed by atoms with E-state index in [-0.39, 0.29) is 23.2 Å². The van der Waals surface area contributed by atoms with Gasteiger partial charge in [-0.15, -0.1) is 0 Å². The number of nitrogens with zero attached hydrogens (tertiary/aromatic N) is 1. The molecule has 0 radical (unpaired) electrons. The molecule has 0 aliphatic carbocycles. The fourth-order valence-corrected chi connectivity index (χ4v) is 9.95. The first-order chi connectivity index (χ1) is 16.3. The molecule has 3 aromatic carbocycles. The molecule has 5 heteroatoms. The van der Waals surface area contributed by atoms with Crippen LogP contribution in [0.2, 0.25) is 5.04 Å². The van der Waals surface area contributed by atoms with E-state index < -0.39 is 8.32 Å². The molecule has 0 aromatic heterocycles. The molecule has 0 spiro atoms. The van der Waals surface area contributed by atoms with Crippen LogP contribution >= 0.6 is 0 Å².